The third kappa shape index (κ3) is 3.69. The maximum atomic E-state index is 12.9. The third-order valence-corrected chi connectivity index (χ3v) is 6.16. The molecule has 1 aromatic heterocycles. The molecule has 0 saturated carbocycles. The second-order valence-electron chi connectivity index (χ2n) is 7.91. The molecule has 29 heavy (non-hydrogen) atoms. The van der Waals surface area contributed by atoms with Crippen molar-refractivity contribution in [3.05, 3.63) is 41.6 Å². The Hall–Kier alpha value is -2.96. The minimum atomic E-state index is -0.471. The van der Waals surface area contributed by atoms with Gasteiger partial charge in [-0.05, 0) is 31.9 Å². The van der Waals surface area contributed by atoms with Gasteiger partial charge in [-0.3, -0.25) is 19.4 Å². The first-order valence-corrected chi connectivity index (χ1v) is 10.2. The molecule has 7 heteroatoms. The van der Waals surface area contributed by atoms with Crippen LogP contribution in [0.1, 0.15) is 48.2 Å². The Morgan fingerprint density at radius 1 is 1.21 bits per heavy atom. The zero-order valence-corrected chi connectivity index (χ0v) is 16.6. The van der Waals surface area contributed by atoms with Crippen LogP contribution in [0.2, 0.25) is 0 Å². The van der Waals surface area contributed by atoms with Gasteiger partial charge in [0.05, 0.1) is 22.7 Å². The number of nitrogens with zero attached hydrogens (tertiary/aromatic N) is 3. The number of rotatable bonds is 4. The van der Waals surface area contributed by atoms with Gasteiger partial charge in [-0.15, -0.1) is 0 Å². The smallest absolute Gasteiger partial charge is 0.250 e. The van der Waals surface area contributed by atoms with Crippen LogP contribution in [0, 0.1) is 5.92 Å². The summed E-state index contributed by atoms with van der Waals surface area (Å²) in [4.78, 5) is 45.2. The number of hydrogen-bond acceptors (Lipinski definition) is 4. The Balaban J connectivity index is 1.48. The number of aromatic nitrogens is 1. The highest BCUT2D eigenvalue weighted by molar-refractivity contribution is 5.98. The number of amides is 3. The highest BCUT2D eigenvalue weighted by Gasteiger charge is 2.37. The van der Waals surface area contributed by atoms with Gasteiger partial charge in [0, 0.05) is 43.9 Å². The third-order valence-electron chi connectivity index (χ3n) is 6.16. The molecule has 0 bridgehead atoms. The second-order valence-corrected chi connectivity index (χ2v) is 7.91. The quantitative estimate of drug-likeness (QED) is 0.857. The standard InChI is InChI=1S/C22H26N4O3/c1-2-25-13-16(12-19(25)27)22(29)26-9-7-14(8-10-26)20-17(21(23)28)11-15-5-3-4-6-18(15)24-20/h3-6,11,14,16H,2,7-10,12-13H2,1H3,(H2,23,28). The molecule has 7 nitrogen and oxygen atoms in total. The van der Waals surface area contributed by atoms with Gasteiger partial charge in [-0.1, -0.05) is 18.2 Å². The highest BCUT2D eigenvalue weighted by Crippen LogP contribution is 2.32. The second kappa shape index (κ2) is 7.81. The van der Waals surface area contributed by atoms with E-state index in [1.165, 1.54) is 0 Å². The highest BCUT2D eigenvalue weighted by atomic mass is 16.2. The monoisotopic (exact) mass is 394 g/mol. The molecule has 3 amide bonds. The summed E-state index contributed by atoms with van der Waals surface area (Å²) in [5.41, 5.74) is 7.67. The Labute approximate surface area is 169 Å². The van der Waals surface area contributed by atoms with Crippen molar-refractivity contribution in [1.82, 2.24) is 14.8 Å². The molecule has 2 N–H and O–H groups in total. The molecule has 152 valence electrons. The fourth-order valence-electron chi connectivity index (χ4n) is 4.51. The van der Waals surface area contributed by atoms with Crippen molar-refractivity contribution < 1.29 is 14.4 Å². The predicted molar refractivity (Wildman–Crippen MR) is 109 cm³/mol. The molecule has 1 unspecified atom stereocenters. The normalized spacial score (nSPS) is 20.4. The largest absolute Gasteiger partial charge is 0.366 e. The van der Waals surface area contributed by atoms with E-state index in [0.29, 0.717) is 38.2 Å². The van der Waals surface area contributed by atoms with Gasteiger partial charge >= 0.3 is 0 Å². The van der Waals surface area contributed by atoms with Crippen molar-refractivity contribution in [2.75, 3.05) is 26.2 Å². The summed E-state index contributed by atoms with van der Waals surface area (Å²) in [6.07, 6.45) is 1.77. The lowest BCUT2D eigenvalue weighted by atomic mass is 9.89. The van der Waals surface area contributed by atoms with Gasteiger partial charge in [-0.2, -0.15) is 0 Å². The SMILES string of the molecule is CCN1CC(C(=O)N2CCC(c3nc4ccccc4cc3C(N)=O)CC2)CC1=O. The Morgan fingerprint density at radius 2 is 1.93 bits per heavy atom. The topological polar surface area (TPSA) is 96.6 Å². The average molecular weight is 394 g/mol. The fraction of sp³-hybridized carbons (Fsp3) is 0.455. The summed E-state index contributed by atoms with van der Waals surface area (Å²) in [5.74, 6) is -0.495. The van der Waals surface area contributed by atoms with Crippen molar-refractivity contribution in [2.24, 2.45) is 11.7 Å². The van der Waals surface area contributed by atoms with E-state index < -0.39 is 5.91 Å². The molecule has 1 atom stereocenters. The van der Waals surface area contributed by atoms with Crippen LogP contribution in [0.4, 0.5) is 0 Å². The van der Waals surface area contributed by atoms with Crippen LogP contribution in [0.15, 0.2) is 30.3 Å². The van der Waals surface area contributed by atoms with Gasteiger partial charge < -0.3 is 15.5 Å². The fourth-order valence-corrected chi connectivity index (χ4v) is 4.51. The number of para-hydroxylation sites is 1. The number of likely N-dealkylation sites (tertiary alicyclic amines) is 2. The lowest BCUT2D eigenvalue weighted by Gasteiger charge is -2.33. The van der Waals surface area contributed by atoms with Gasteiger partial charge in [0.25, 0.3) is 5.91 Å². The number of piperidine rings is 1. The molecule has 0 aliphatic carbocycles. The van der Waals surface area contributed by atoms with E-state index in [1.807, 2.05) is 42.2 Å². The van der Waals surface area contributed by atoms with E-state index in [-0.39, 0.29) is 23.7 Å². The van der Waals surface area contributed by atoms with Crippen molar-refractivity contribution in [3.63, 3.8) is 0 Å². The van der Waals surface area contributed by atoms with E-state index in [0.717, 1.165) is 29.4 Å². The first kappa shape index (κ1) is 19.4. The Morgan fingerprint density at radius 3 is 2.59 bits per heavy atom. The number of primary amides is 1. The molecule has 2 aromatic rings. The van der Waals surface area contributed by atoms with Crippen LogP contribution in [0.5, 0.6) is 0 Å². The van der Waals surface area contributed by atoms with E-state index in [4.69, 9.17) is 10.7 Å². The molecule has 3 heterocycles. The molecule has 1 aromatic carbocycles. The number of nitrogens with two attached hydrogens (primary N) is 1. The van der Waals surface area contributed by atoms with Crippen molar-refractivity contribution in [1.29, 1.82) is 0 Å². The molecule has 2 fully saturated rings. The van der Waals surface area contributed by atoms with E-state index in [9.17, 15) is 14.4 Å². The molecular weight excluding hydrogens is 368 g/mol. The first-order valence-electron chi connectivity index (χ1n) is 10.2. The van der Waals surface area contributed by atoms with Gasteiger partial charge in [0.15, 0.2) is 0 Å². The zero-order valence-electron chi connectivity index (χ0n) is 16.6. The van der Waals surface area contributed by atoms with Crippen LogP contribution < -0.4 is 5.73 Å². The number of carbonyl (C=O) groups excluding carboxylic acids is 3. The number of benzene rings is 1. The number of carbonyl (C=O) groups is 3. The maximum Gasteiger partial charge on any atom is 0.250 e. The summed E-state index contributed by atoms with van der Waals surface area (Å²) < 4.78 is 0. The first-order chi connectivity index (χ1) is 14.0. The number of pyridine rings is 1. The van der Waals surface area contributed by atoms with Crippen molar-refractivity contribution >= 4 is 28.6 Å². The molecule has 2 aliphatic rings. The van der Waals surface area contributed by atoms with Crippen LogP contribution in [0.3, 0.4) is 0 Å². The average Bonchev–Trinajstić information content (AvgIpc) is 3.13. The Kier molecular flexibility index (Phi) is 5.22. The number of fused-ring (bicyclic) bond motifs is 1. The molecule has 2 saturated heterocycles. The van der Waals surface area contributed by atoms with Crippen LogP contribution in [0.25, 0.3) is 10.9 Å². The van der Waals surface area contributed by atoms with Gasteiger partial charge in [-0.25, -0.2) is 0 Å². The molecule has 0 spiro atoms. The van der Waals surface area contributed by atoms with Crippen LogP contribution in [-0.4, -0.2) is 58.7 Å². The van der Waals surface area contributed by atoms with E-state index in [1.54, 1.807) is 4.90 Å². The van der Waals surface area contributed by atoms with E-state index >= 15 is 0 Å². The predicted octanol–water partition coefficient (Wildman–Crippen LogP) is 1.91. The molecule has 4 rings (SSSR count). The number of hydrogen-bond donors (Lipinski definition) is 1. The summed E-state index contributed by atoms with van der Waals surface area (Å²) in [6.45, 7) is 4.31. The van der Waals surface area contributed by atoms with Crippen LogP contribution in [-0.2, 0) is 9.59 Å². The molecular formula is C22H26N4O3. The summed E-state index contributed by atoms with van der Waals surface area (Å²) in [7, 11) is 0. The maximum absolute atomic E-state index is 12.9. The summed E-state index contributed by atoms with van der Waals surface area (Å²) in [6, 6.07) is 9.50. The zero-order chi connectivity index (χ0) is 20.5. The lowest BCUT2D eigenvalue weighted by molar-refractivity contribution is -0.136. The molecule has 0 radical (unpaired) electrons. The lowest BCUT2D eigenvalue weighted by Crippen LogP contribution is -2.42. The van der Waals surface area contributed by atoms with Crippen molar-refractivity contribution in [2.45, 2.75) is 32.1 Å². The minimum absolute atomic E-state index is 0.0622. The van der Waals surface area contributed by atoms with Gasteiger partial charge in [0.2, 0.25) is 11.8 Å². The Bertz CT molecular complexity index is 966. The van der Waals surface area contributed by atoms with Crippen molar-refractivity contribution in [3.8, 4) is 0 Å². The van der Waals surface area contributed by atoms with E-state index in [2.05, 4.69) is 0 Å². The molecule has 2 aliphatic heterocycles. The van der Waals surface area contributed by atoms with Gasteiger partial charge in [0.1, 0.15) is 0 Å². The summed E-state index contributed by atoms with van der Waals surface area (Å²) in [5, 5.41) is 0.893. The summed E-state index contributed by atoms with van der Waals surface area (Å²) >= 11 is 0. The minimum Gasteiger partial charge on any atom is -0.366 e. The van der Waals surface area contributed by atoms with Crippen LogP contribution >= 0.6 is 0 Å².